The lowest BCUT2D eigenvalue weighted by molar-refractivity contribution is -0.0254. The molecule has 1 aromatic heterocycles. The van der Waals surface area contributed by atoms with Crippen molar-refractivity contribution in [2.75, 3.05) is 26.2 Å². The number of likely N-dealkylation sites (tertiary alicyclic amines) is 1. The van der Waals surface area contributed by atoms with E-state index >= 15 is 0 Å². The third-order valence-corrected chi connectivity index (χ3v) is 3.75. The Hall–Kier alpha value is -0.620. The number of halogens is 1. The molecule has 1 fully saturated rings. The van der Waals surface area contributed by atoms with E-state index in [-0.39, 0.29) is 6.61 Å². The zero-order valence-corrected chi connectivity index (χ0v) is 11.2. The van der Waals surface area contributed by atoms with Gasteiger partial charge >= 0.3 is 0 Å². The van der Waals surface area contributed by atoms with Crippen LogP contribution < -0.4 is 0 Å². The van der Waals surface area contributed by atoms with Gasteiger partial charge in [0.05, 0.1) is 30.0 Å². The van der Waals surface area contributed by atoms with Crippen LogP contribution in [0.1, 0.15) is 19.3 Å². The largest absolute Gasteiger partial charge is 0.393 e. The summed E-state index contributed by atoms with van der Waals surface area (Å²) < 4.78 is 1.82. The van der Waals surface area contributed by atoms with E-state index in [9.17, 15) is 10.2 Å². The van der Waals surface area contributed by atoms with E-state index in [1.807, 2.05) is 10.9 Å². The van der Waals surface area contributed by atoms with E-state index in [2.05, 4.69) is 10.00 Å². The summed E-state index contributed by atoms with van der Waals surface area (Å²) in [6.07, 6.45) is 5.66. The van der Waals surface area contributed by atoms with Gasteiger partial charge in [0.2, 0.25) is 0 Å². The van der Waals surface area contributed by atoms with Crippen LogP contribution in [0.15, 0.2) is 12.4 Å². The summed E-state index contributed by atoms with van der Waals surface area (Å²) in [6, 6.07) is 0. The van der Waals surface area contributed by atoms with Crippen molar-refractivity contribution in [3.8, 4) is 0 Å². The molecular weight excluding hydrogens is 254 g/mol. The monoisotopic (exact) mass is 273 g/mol. The Kier molecular flexibility index (Phi) is 4.61. The van der Waals surface area contributed by atoms with Gasteiger partial charge in [-0.2, -0.15) is 5.10 Å². The van der Waals surface area contributed by atoms with E-state index in [0.29, 0.717) is 17.9 Å². The fraction of sp³-hybridized carbons (Fsp3) is 0.750. The van der Waals surface area contributed by atoms with Crippen LogP contribution in [-0.2, 0) is 6.54 Å². The Bertz CT molecular complexity index is 385. The zero-order valence-electron chi connectivity index (χ0n) is 10.4. The number of aromatic nitrogens is 2. The molecule has 0 saturated carbocycles. The van der Waals surface area contributed by atoms with Gasteiger partial charge < -0.3 is 15.1 Å². The first-order valence-electron chi connectivity index (χ1n) is 6.35. The molecule has 2 heterocycles. The lowest BCUT2D eigenvalue weighted by atomic mass is 9.96. The van der Waals surface area contributed by atoms with Gasteiger partial charge in [0.15, 0.2) is 0 Å². The lowest BCUT2D eigenvalue weighted by Gasteiger charge is -2.24. The minimum atomic E-state index is -0.885. The Morgan fingerprint density at radius 2 is 2.17 bits per heavy atom. The standard InChI is InChI=1S/C12H20ClN3O2/c13-11-8-14-16(9-11)7-6-15-4-1-2-12(18,10-17)3-5-15/h8-9,17-18H,1-7,10H2/t12-/m1/s1. The number of nitrogens with zero attached hydrogens (tertiary/aromatic N) is 3. The fourth-order valence-corrected chi connectivity index (χ4v) is 2.48. The van der Waals surface area contributed by atoms with Crippen molar-refractivity contribution in [1.29, 1.82) is 0 Å². The SMILES string of the molecule is OC[C@@]1(O)CCCN(CCn2cc(Cl)cn2)CC1. The van der Waals surface area contributed by atoms with Crippen molar-refractivity contribution in [3.63, 3.8) is 0 Å². The summed E-state index contributed by atoms with van der Waals surface area (Å²) in [7, 11) is 0. The highest BCUT2D eigenvalue weighted by molar-refractivity contribution is 6.30. The Morgan fingerprint density at radius 3 is 2.83 bits per heavy atom. The van der Waals surface area contributed by atoms with Gasteiger partial charge in [0, 0.05) is 19.3 Å². The number of hydrogen-bond acceptors (Lipinski definition) is 4. The molecule has 0 spiro atoms. The van der Waals surface area contributed by atoms with Crippen LogP contribution >= 0.6 is 11.6 Å². The molecule has 2 N–H and O–H groups in total. The first-order valence-corrected chi connectivity index (χ1v) is 6.73. The van der Waals surface area contributed by atoms with E-state index < -0.39 is 5.60 Å². The van der Waals surface area contributed by atoms with Crippen molar-refractivity contribution in [2.45, 2.75) is 31.4 Å². The minimum absolute atomic E-state index is 0.143. The number of aliphatic hydroxyl groups is 2. The fourth-order valence-electron chi connectivity index (χ4n) is 2.32. The molecule has 1 aliphatic rings. The second-order valence-corrected chi connectivity index (χ2v) is 5.44. The van der Waals surface area contributed by atoms with Gasteiger partial charge in [-0.15, -0.1) is 0 Å². The number of hydrogen-bond donors (Lipinski definition) is 2. The van der Waals surface area contributed by atoms with Crippen molar-refractivity contribution >= 4 is 11.6 Å². The maximum Gasteiger partial charge on any atom is 0.0890 e. The van der Waals surface area contributed by atoms with Gasteiger partial charge in [-0.1, -0.05) is 11.6 Å². The molecule has 1 saturated heterocycles. The highest BCUT2D eigenvalue weighted by Gasteiger charge is 2.29. The molecule has 0 aromatic carbocycles. The van der Waals surface area contributed by atoms with Crippen LogP contribution in [0.4, 0.5) is 0 Å². The van der Waals surface area contributed by atoms with Gasteiger partial charge in [0.1, 0.15) is 0 Å². The molecule has 0 aliphatic carbocycles. The normalized spacial score (nSPS) is 26.2. The summed E-state index contributed by atoms with van der Waals surface area (Å²) in [6.45, 7) is 3.31. The average Bonchev–Trinajstić information content (AvgIpc) is 2.68. The van der Waals surface area contributed by atoms with Gasteiger partial charge in [-0.05, 0) is 25.8 Å². The minimum Gasteiger partial charge on any atom is -0.393 e. The molecule has 18 heavy (non-hydrogen) atoms. The lowest BCUT2D eigenvalue weighted by Crippen LogP contribution is -2.35. The van der Waals surface area contributed by atoms with Crippen LogP contribution in [-0.4, -0.2) is 56.7 Å². The predicted molar refractivity (Wildman–Crippen MR) is 69.6 cm³/mol. The quantitative estimate of drug-likeness (QED) is 0.850. The van der Waals surface area contributed by atoms with E-state index in [4.69, 9.17) is 11.6 Å². The summed E-state index contributed by atoms with van der Waals surface area (Å²) in [4.78, 5) is 2.29. The first kappa shape index (κ1) is 13.8. The van der Waals surface area contributed by atoms with Crippen LogP contribution in [0, 0.1) is 0 Å². The van der Waals surface area contributed by atoms with Crippen LogP contribution in [0.25, 0.3) is 0 Å². The molecule has 0 unspecified atom stereocenters. The molecule has 0 amide bonds. The number of rotatable bonds is 4. The summed E-state index contributed by atoms with van der Waals surface area (Å²) >= 11 is 5.81. The highest BCUT2D eigenvalue weighted by Crippen LogP contribution is 2.21. The maximum atomic E-state index is 10.1. The topological polar surface area (TPSA) is 61.5 Å². The van der Waals surface area contributed by atoms with E-state index in [1.54, 1.807) is 6.20 Å². The predicted octanol–water partition coefficient (Wildman–Crippen LogP) is 0.746. The molecule has 2 rings (SSSR count). The second-order valence-electron chi connectivity index (χ2n) is 5.00. The Morgan fingerprint density at radius 1 is 1.33 bits per heavy atom. The molecule has 1 aliphatic heterocycles. The molecule has 0 radical (unpaired) electrons. The Labute approximate surface area is 112 Å². The Balaban J connectivity index is 1.80. The molecule has 5 nitrogen and oxygen atoms in total. The van der Waals surface area contributed by atoms with E-state index in [1.165, 1.54) is 0 Å². The molecule has 1 atom stereocenters. The first-order chi connectivity index (χ1) is 8.61. The van der Waals surface area contributed by atoms with Gasteiger partial charge in [-0.25, -0.2) is 0 Å². The molecule has 102 valence electrons. The van der Waals surface area contributed by atoms with Crippen LogP contribution in [0.3, 0.4) is 0 Å². The highest BCUT2D eigenvalue weighted by atomic mass is 35.5. The molecule has 0 bridgehead atoms. The number of aliphatic hydroxyl groups excluding tert-OH is 1. The van der Waals surface area contributed by atoms with Crippen LogP contribution in [0.2, 0.25) is 5.02 Å². The van der Waals surface area contributed by atoms with Crippen molar-refractivity contribution in [2.24, 2.45) is 0 Å². The summed E-state index contributed by atoms with van der Waals surface area (Å²) in [5, 5.41) is 24.0. The smallest absolute Gasteiger partial charge is 0.0890 e. The molecule has 6 heteroatoms. The van der Waals surface area contributed by atoms with Crippen molar-refractivity contribution in [3.05, 3.63) is 17.4 Å². The van der Waals surface area contributed by atoms with Gasteiger partial charge in [-0.3, -0.25) is 4.68 Å². The zero-order chi connectivity index (χ0) is 13.0. The maximum absolute atomic E-state index is 10.1. The molecular formula is C12H20ClN3O2. The third-order valence-electron chi connectivity index (χ3n) is 3.55. The van der Waals surface area contributed by atoms with E-state index in [0.717, 1.165) is 32.6 Å². The summed E-state index contributed by atoms with van der Waals surface area (Å²) in [5.74, 6) is 0. The van der Waals surface area contributed by atoms with Crippen molar-refractivity contribution < 1.29 is 10.2 Å². The third kappa shape index (κ3) is 3.68. The molecule has 1 aromatic rings. The van der Waals surface area contributed by atoms with Crippen LogP contribution in [0.5, 0.6) is 0 Å². The van der Waals surface area contributed by atoms with Gasteiger partial charge in [0.25, 0.3) is 0 Å². The summed E-state index contributed by atoms with van der Waals surface area (Å²) in [5.41, 5.74) is -0.885. The second kappa shape index (κ2) is 6.02. The average molecular weight is 274 g/mol. The van der Waals surface area contributed by atoms with Crippen molar-refractivity contribution in [1.82, 2.24) is 14.7 Å².